The molecule has 0 saturated carbocycles. The highest BCUT2D eigenvalue weighted by Crippen LogP contribution is 2.44. The molecule has 7 heteroatoms. The molecule has 0 bridgehead atoms. The van der Waals surface area contributed by atoms with Gasteiger partial charge in [-0.3, -0.25) is 4.79 Å². The van der Waals surface area contributed by atoms with Crippen molar-refractivity contribution in [3.05, 3.63) is 30.7 Å². The highest BCUT2D eigenvalue weighted by molar-refractivity contribution is 7.16. The third kappa shape index (κ3) is 2.77. The number of carbonyl (C=O) groups is 1. The number of ketones is 1. The fourth-order valence-corrected chi connectivity index (χ4v) is 2.66. The van der Waals surface area contributed by atoms with E-state index in [0.717, 1.165) is 0 Å². The van der Waals surface area contributed by atoms with Gasteiger partial charge in [-0.1, -0.05) is 58.0 Å². The van der Waals surface area contributed by atoms with Gasteiger partial charge in [0.15, 0.2) is 5.78 Å². The molecule has 0 N–H and O–H groups in total. The number of carbonyl (C=O) groups excluding carboxylic acids is 1. The van der Waals surface area contributed by atoms with Crippen molar-refractivity contribution in [2.75, 3.05) is 6.16 Å². The lowest BCUT2D eigenvalue weighted by Gasteiger charge is -2.11. The Morgan fingerprint density at radius 1 is 0.875 bits per heavy atom. The van der Waals surface area contributed by atoms with Gasteiger partial charge in [-0.15, -0.1) is 0 Å². The maximum atomic E-state index is 11.7. The first-order chi connectivity index (χ1) is 7.41. The van der Waals surface area contributed by atoms with Gasteiger partial charge >= 0.3 is 0 Å². The van der Waals surface area contributed by atoms with Gasteiger partial charge in [-0.2, -0.15) is 6.16 Å². The van der Waals surface area contributed by atoms with Gasteiger partial charge in [0.25, 0.3) is 0 Å². The Bertz CT molecular complexity index is 417. The Labute approximate surface area is 121 Å². The van der Waals surface area contributed by atoms with Crippen LogP contribution in [0.2, 0.25) is 25.1 Å². The summed E-state index contributed by atoms with van der Waals surface area (Å²) in [5.74, 6) is -0.245. The summed E-state index contributed by atoms with van der Waals surface area (Å²) >= 11 is 29.3. The van der Waals surface area contributed by atoms with E-state index in [2.05, 4.69) is 9.24 Å². The molecule has 1 nitrogen and oxygen atoms in total. The summed E-state index contributed by atoms with van der Waals surface area (Å²) in [4.78, 5) is 11.7. The van der Waals surface area contributed by atoms with Gasteiger partial charge in [0.2, 0.25) is 0 Å². The monoisotopic (exact) mass is 335 g/mol. The van der Waals surface area contributed by atoms with E-state index in [1.54, 1.807) is 0 Å². The number of halogens is 5. The minimum absolute atomic E-state index is 0.0335. The largest absolute Gasteiger partial charge is 0.558 e. The van der Waals surface area contributed by atoms with Crippen LogP contribution in [-0.4, -0.2) is 11.9 Å². The Hall–Kier alpha value is 0.770. The SMILES string of the molecule is O=C(CC[PH-])c1c(Cl)c(Cl)c(Cl)c(Cl)c1Cl. The molecule has 0 atom stereocenters. The molecule has 16 heavy (non-hydrogen) atoms. The number of benzene rings is 1. The summed E-state index contributed by atoms with van der Waals surface area (Å²) in [6.07, 6.45) is 0.730. The van der Waals surface area contributed by atoms with Crippen LogP contribution in [0, 0.1) is 0 Å². The van der Waals surface area contributed by atoms with Crippen LogP contribution in [-0.2, 0) is 0 Å². The molecule has 0 fully saturated rings. The predicted octanol–water partition coefficient (Wildman–Crippen LogP) is 5.67. The molecule has 1 aromatic rings. The summed E-state index contributed by atoms with van der Waals surface area (Å²) in [7, 11) is 3.20. The predicted molar refractivity (Wildman–Crippen MR) is 73.6 cm³/mol. The van der Waals surface area contributed by atoms with E-state index in [4.69, 9.17) is 58.0 Å². The van der Waals surface area contributed by atoms with Crippen LogP contribution in [0.3, 0.4) is 0 Å². The first kappa shape index (κ1) is 14.8. The van der Waals surface area contributed by atoms with E-state index in [1.165, 1.54) is 0 Å². The van der Waals surface area contributed by atoms with Crippen LogP contribution in [0.25, 0.3) is 0 Å². The minimum Gasteiger partial charge on any atom is -0.558 e. The van der Waals surface area contributed by atoms with Crippen LogP contribution >= 0.6 is 67.2 Å². The zero-order valence-electron chi connectivity index (χ0n) is 7.71. The molecule has 0 aliphatic carbocycles. The molecule has 0 unspecified atom stereocenters. The van der Waals surface area contributed by atoms with Crippen molar-refractivity contribution >= 4 is 73.0 Å². The van der Waals surface area contributed by atoms with Crippen LogP contribution in [0.15, 0.2) is 0 Å². The summed E-state index contributed by atoms with van der Waals surface area (Å²) in [5, 5.41) is 0.190. The fraction of sp³-hybridized carbons (Fsp3) is 0.222. The van der Waals surface area contributed by atoms with E-state index in [9.17, 15) is 4.79 Å². The highest BCUT2D eigenvalue weighted by atomic mass is 35.5. The van der Waals surface area contributed by atoms with Gasteiger partial charge in [0.1, 0.15) is 0 Å². The Kier molecular flexibility index (Phi) is 5.64. The minimum atomic E-state index is -0.245. The number of hydrogen-bond acceptors (Lipinski definition) is 1. The third-order valence-corrected chi connectivity index (χ3v) is 4.37. The van der Waals surface area contributed by atoms with E-state index >= 15 is 0 Å². The number of hydrogen-bond donors (Lipinski definition) is 0. The number of Topliss-reactive ketones (excluding diaryl/α,β-unsaturated/α-hetero) is 1. The Morgan fingerprint density at radius 3 is 1.62 bits per heavy atom. The van der Waals surface area contributed by atoms with Gasteiger partial charge < -0.3 is 9.24 Å². The second-order valence-corrected chi connectivity index (χ2v) is 5.26. The average molecular weight is 337 g/mol. The smallest absolute Gasteiger partial charge is 0.163 e. The molecule has 0 aliphatic heterocycles. The average Bonchev–Trinajstić information content (AvgIpc) is 2.24. The number of rotatable bonds is 3. The van der Waals surface area contributed by atoms with E-state index in [1.807, 2.05) is 0 Å². The summed E-state index contributed by atoms with van der Waals surface area (Å²) < 4.78 is 0. The van der Waals surface area contributed by atoms with Crippen molar-refractivity contribution < 1.29 is 4.79 Å². The van der Waals surface area contributed by atoms with Gasteiger partial charge in [0, 0.05) is 0 Å². The maximum Gasteiger partial charge on any atom is 0.163 e. The van der Waals surface area contributed by atoms with Gasteiger partial charge in [-0.25, -0.2) is 0 Å². The molecule has 0 amide bonds. The second-order valence-electron chi connectivity index (χ2n) is 2.87. The standard InChI is InChI=1S/C9H5Cl5OP/c10-5-4(3(15)1-2-16)6(11)8(13)9(14)7(5)12/h16H,1-2H2/q-1. The molecular weight excluding hydrogens is 332 g/mol. The Morgan fingerprint density at radius 2 is 1.25 bits per heavy atom. The summed E-state index contributed by atoms with van der Waals surface area (Å²) in [6.45, 7) is 0. The Balaban J connectivity index is 3.45. The molecular formula is C9H5Cl5OP-. The van der Waals surface area contributed by atoms with Crippen molar-refractivity contribution in [2.45, 2.75) is 6.42 Å². The van der Waals surface area contributed by atoms with Crippen molar-refractivity contribution in [1.29, 1.82) is 0 Å². The van der Waals surface area contributed by atoms with E-state index in [0.29, 0.717) is 6.16 Å². The van der Waals surface area contributed by atoms with Crippen molar-refractivity contribution in [1.82, 2.24) is 0 Å². The van der Waals surface area contributed by atoms with Crippen molar-refractivity contribution in [3.8, 4) is 0 Å². The molecule has 0 saturated heterocycles. The van der Waals surface area contributed by atoms with Crippen molar-refractivity contribution in [3.63, 3.8) is 0 Å². The third-order valence-electron chi connectivity index (χ3n) is 1.84. The maximum absolute atomic E-state index is 11.7. The highest BCUT2D eigenvalue weighted by Gasteiger charge is 2.22. The molecule has 0 aromatic heterocycles. The summed E-state index contributed by atoms with van der Waals surface area (Å²) in [6, 6.07) is 0. The van der Waals surface area contributed by atoms with E-state index < -0.39 is 0 Å². The lowest BCUT2D eigenvalue weighted by atomic mass is 10.1. The molecule has 1 aromatic carbocycles. The second kappa shape index (κ2) is 6.09. The molecule has 0 radical (unpaired) electrons. The van der Waals surface area contributed by atoms with Crippen LogP contribution in [0.5, 0.6) is 0 Å². The zero-order valence-corrected chi connectivity index (χ0v) is 12.5. The molecule has 0 heterocycles. The van der Waals surface area contributed by atoms with Crippen LogP contribution in [0.1, 0.15) is 16.8 Å². The topological polar surface area (TPSA) is 17.1 Å². The quantitative estimate of drug-likeness (QED) is 0.301. The fourth-order valence-electron chi connectivity index (χ4n) is 1.09. The first-order valence-electron chi connectivity index (χ1n) is 4.11. The lowest BCUT2D eigenvalue weighted by Crippen LogP contribution is -2.03. The zero-order chi connectivity index (χ0) is 12.5. The van der Waals surface area contributed by atoms with Crippen molar-refractivity contribution in [2.24, 2.45) is 0 Å². The van der Waals surface area contributed by atoms with E-state index in [-0.39, 0.29) is 42.9 Å². The molecule has 88 valence electrons. The molecule has 0 aliphatic rings. The van der Waals surface area contributed by atoms with Gasteiger partial charge in [-0.05, 0) is 6.42 Å². The molecule has 0 spiro atoms. The van der Waals surface area contributed by atoms with Gasteiger partial charge in [0.05, 0.1) is 30.7 Å². The molecule has 1 rings (SSSR count). The normalized spacial score (nSPS) is 10.6. The lowest BCUT2D eigenvalue weighted by molar-refractivity contribution is 0.0990. The first-order valence-corrected chi connectivity index (χ1v) is 6.70. The summed E-state index contributed by atoms with van der Waals surface area (Å²) in [5.41, 5.74) is 0.112. The van der Waals surface area contributed by atoms with Crippen LogP contribution < -0.4 is 0 Å². The van der Waals surface area contributed by atoms with Crippen LogP contribution in [0.4, 0.5) is 0 Å².